The van der Waals surface area contributed by atoms with Gasteiger partial charge in [-0.25, -0.2) is 8.42 Å². The summed E-state index contributed by atoms with van der Waals surface area (Å²) >= 11 is 1.92. The minimum absolute atomic E-state index is 0.261. The largest absolute Gasteiger partial charge is 0.301 e. The number of nitrogens with zero attached hydrogens (tertiary/aromatic N) is 1. The molecule has 96 valence electrons. The lowest BCUT2D eigenvalue weighted by Gasteiger charge is -2.28. The molecule has 2 atom stereocenters. The first-order valence-corrected chi connectivity index (χ1v) is 9.04. The summed E-state index contributed by atoms with van der Waals surface area (Å²) in [6.45, 7) is 2.40. The number of thioether (sulfide) groups is 1. The van der Waals surface area contributed by atoms with Crippen LogP contribution in [-0.2, 0) is 9.84 Å². The third-order valence-electron chi connectivity index (χ3n) is 3.48. The number of sulfone groups is 1. The van der Waals surface area contributed by atoms with Crippen molar-refractivity contribution in [1.29, 1.82) is 0 Å². The Bertz CT molecular complexity index is 303. The van der Waals surface area contributed by atoms with E-state index in [1.54, 1.807) is 6.92 Å². The maximum absolute atomic E-state index is 11.4. The summed E-state index contributed by atoms with van der Waals surface area (Å²) in [5.41, 5.74) is 0. The molecule has 0 amide bonds. The fourth-order valence-corrected chi connectivity index (χ4v) is 4.19. The van der Waals surface area contributed by atoms with Gasteiger partial charge in [-0.15, -0.1) is 0 Å². The van der Waals surface area contributed by atoms with Crippen molar-refractivity contribution in [3.05, 3.63) is 0 Å². The molecule has 1 fully saturated rings. The Balaban J connectivity index is 2.43. The van der Waals surface area contributed by atoms with Gasteiger partial charge in [0.05, 0.1) is 5.75 Å². The van der Waals surface area contributed by atoms with Crippen LogP contribution in [0.3, 0.4) is 0 Å². The first-order valence-electron chi connectivity index (χ1n) is 5.93. The van der Waals surface area contributed by atoms with Crippen molar-refractivity contribution in [2.45, 2.75) is 37.5 Å². The van der Waals surface area contributed by atoms with Crippen molar-refractivity contribution < 1.29 is 8.42 Å². The van der Waals surface area contributed by atoms with E-state index in [4.69, 9.17) is 0 Å². The van der Waals surface area contributed by atoms with Gasteiger partial charge in [-0.05, 0) is 26.1 Å². The van der Waals surface area contributed by atoms with Crippen LogP contribution in [0, 0.1) is 0 Å². The van der Waals surface area contributed by atoms with E-state index in [1.165, 1.54) is 19.3 Å². The number of hydrogen-bond donors (Lipinski definition) is 0. The Morgan fingerprint density at radius 1 is 1.38 bits per heavy atom. The molecule has 0 N–H and O–H groups in total. The van der Waals surface area contributed by atoms with Gasteiger partial charge in [-0.1, -0.05) is 13.3 Å². The van der Waals surface area contributed by atoms with E-state index in [1.807, 2.05) is 11.8 Å². The lowest BCUT2D eigenvalue weighted by atomic mass is 10.2. The first-order chi connectivity index (χ1) is 7.50. The van der Waals surface area contributed by atoms with Crippen LogP contribution in [0.1, 0.15) is 26.2 Å². The number of rotatable bonds is 6. The van der Waals surface area contributed by atoms with E-state index in [9.17, 15) is 8.42 Å². The molecule has 0 unspecified atom stereocenters. The molecule has 0 aromatic rings. The summed E-state index contributed by atoms with van der Waals surface area (Å²) in [5.74, 6) is 0.565. The fraction of sp³-hybridized carbons (Fsp3) is 1.00. The minimum atomic E-state index is -2.82. The van der Waals surface area contributed by atoms with Crippen molar-refractivity contribution in [3.63, 3.8) is 0 Å². The van der Waals surface area contributed by atoms with E-state index < -0.39 is 9.84 Å². The van der Waals surface area contributed by atoms with Crippen molar-refractivity contribution in [2.24, 2.45) is 0 Å². The van der Waals surface area contributed by atoms with E-state index in [0.29, 0.717) is 23.6 Å². The Morgan fingerprint density at radius 3 is 2.62 bits per heavy atom. The van der Waals surface area contributed by atoms with Gasteiger partial charge >= 0.3 is 0 Å². The average molecular weight is 265 g/mol. The van der Waals surface area contributed by atoms with Gasteiger partial charge in [0.2, 0.25) is 0 Å². The summed E-state index contributed by atoms with van der Waals surface area (Å²) in [6.07, 6.45) is 5.92. The molecule has 1 rings (SSSR count). The molecule has 0 aromatic heterocycles. The highest BCUT2D eigenvalue weighted by Crippen LogP contribution is 2.31. The molecule has 0 bridgehead atoms. The SMILES string of the molecule is CCS(=O)(=O)CCN(C)[C@@H]1CCC[C@H]1SC. The smallest absolute Gasteiger partial charge is 0.151 e. The van der Waals surface area contributed by atoms with Crippen LogP contribution < -0.4 is 0 Å². The molecule has 0 aliphatic heterocycles. The highest BCUT2D eigenvalue weighted by atomic mass is 32.2. The summed E-state index contributed by atoms with van der Waals surface area (Å²) < 4.78 is 22.9. The van der Waals surface area contributed by atoms with Gasteiger partial charge in [0, 0.05) is 23.6 Å². The molecule has 1 aliphatic rings. The van der Waals surface area contributed by atoms with Crippen LogP contribution in [-0.4, -0.2) is 56.0 Å². The molecule has 0 radical (unpaired) electrons. The molecular formula is C11H23NO2S2. The first kappa shape index (κ1) is 14.3. The van der Waals surface area contributed by atoms with Crippen molar-refractivity contribution >= 4 is 21.6 Å². The molecule has 5 heteroatoms. The summed E-state index contributed by atoms with van der Waals surface area (Å²) in [5, 5.41) is 0.689. The van der Waals surface area contributed by atoms with Crippen molar-refractivity contribution in [3.8, 4) is 0 Å². The second-order valence-corrected chi connectivity index (χ2v) is 8.04. The van der Waals surface area contributed by atoms with E-state index in [2.05, 4.69) is 18.2 Å². The molecule has 0 saturated heterocycles. The van der Waals surface area contributed by atoms with Crippen LogP contribution in [0.4, 0.5) is 0 Å². The van der Waals surface area contributed by atoms with Gasteiger partial charge in [0.15, 0.2) is 9.84 Å². The highest BCUT2D eigenvalue weighted by Gasteiger charge is 2.29. The quantitative estimate of drug-likeness (QED) is 0.731. The van der Waals surface area contributed by atoms with Crippen LogP contribution >= 0.6 is 11.8 Å². The lowest BCUT2D eigenvalue weighted by Crippen LogP contribution is -2.39. The minimum Gasteiger partial charge on any atom is -0.301 e. The summed E-state index contributed by atoms with van der Waals surface area (Å²) in [6, 6.07) is 0.571. The van der Waals surface area contributed by atoms with Gasteiger partial charge in [-0.2, -0.15) is 11.8 Å². The molecule has 0 aromatic carbocycles. The fourth-order valence-electron chi connectivity index (χ4n) is 2.28. The van der Waals surface area contributed by atoms with E-state index >= 15 is 0 Å². The Morgan fingerprint density at radius 2 is 2.06 bits per heavy atom. The standard InChI is InChI=1S/C11H23NO2S2/c1-4-16(13,14)9-8-12(2)10-6-5-7-11(10)15-3/h10-11H,4-9H2,1-3H3/t10-,11-/m1/s1. The predicted molar refractivity (Wildman–Crippen MR) is 71.9 cm³/mol. The number of hydrogen-bond acceptors (Lipinski definition) is 4. The molecule has 1 saturated carbocycles. The Hall–Kier alpha value is 0.260. The molecule has 3 nitrogen and oxygen atoms in total. The van der Waals surface area contributed by atoms with Gasteiger partial charge in [-0.3, -0.25) is 0 Å². The van der Waals surface area contributed by atoms with E-state index in [-0.39, 0.29) is 5.75 Å². The highest BCUT2D eigenvalue weighted by molar-refractivity contribution is 7.99. The van der Waals surface area contributed by atoms with Gasteiger partial charge in [0.25, 0.3) is 0 Å². The van der Waals surface area contributed by atoms with Gasteiger partial charge in [0.1, 0.15) is 0 Å². The third kappa shape index (κ3) is 3.93. The second kappa shape index (κ2) is 6.26. The normalized spacial score (nSPS) is 26.5. The summed E-state index contributed by atoms with van der Waals surface area (Å²) in [7, 11) is -0.757. The lowest BCUT2D eigenvalue weighted by molar-refractivity contribution is 0.264. The molecular weight excluding hydrogens is 242 g/mol. The van der Waals surface area contributed by atoms with Gasteiger partial charge < -0.3 is 4.90 Å². The zero-order valence-electron chi connectivity index (χ0n) is 10.5. The predicted octanol–water partition coefficient (Wildman–Crippen LogP) is 1.64. The topological polar surface area (TPSA) is 37.4 Å². The summed E-state index contributed by atoms with van der Waals surface area (Å²) in [4.78, 5) is 2.24. The van der Waals surface area contributed by atoms with Crippen LogP contribution in [0.5, 0.6) is 0 Å². The van der Waals surface area contributed by atoms with Crippen LogP contribution in [0.15, 0.2) is 0 Å². The molecule has 0 spiro atoms. The third-order valence-corrected chi connectivity index (χ3v) is 6.32. The van der Waals surface area contributed by atoms with E-state index in [0.717, 1.165) is 0 Å². The Kier molecular flexibility index (Phi) is 5.61. The molecule has 0 heterocycles. The second-order valence-electron chi connectivity index (χ2n) is 4.49. The molecule has 1 aliphatic carbocycles. The van der Waals surface area contributed by atoms with Crippen molar-refractivity contribution in [1.82, 2.24) is 4.90 Å². The van der Waals surface area contributed by atoms with Crippen LogP contribution in [0.25, 0.3) is 0 Å². The average Bonchev–Trinajstić information content (AvgIpc) is 2.74. The van der Waals surface area contributed by atoms with Crippen LogP contribution in [0.2, 0.25) is 0 Å². The Labute approximate surface area is 104 Å². The monoisotopic (exact) mass is 265 g/mol. The zero-order chi connectivity index (χ0) is 12.2. The maximum Gasteiger partial charge on any atom is 0.151 e. The maximum atomic E-state index is 11.4. The zero-order valence-corrected chi connectivity index (χ0v) is 12.1. The van der Waals surface area contributed by atoms with Crippen molar-refractivity contribution in [2.75, 3.05) is 31.4 Å². The molecule has 16 heavy (non-hydrogen) atoms.